The first-order valence-corrected chi connectivity index (χ1v) is 5.61. The summed E-state index contributed by atoms with van der Waals surface area (Å²) in [6, 6.07) is 8.63. The van der Waals surface area contributed by atoms with Crippen LogP contribution in [0.5, 0.6) is 5.88 Å². The summed E-state index contributed by atoms with van der Waals surface area (Å²) in [5.74, 6) is -0.0992. The average molecular weight is 270 g/mol. The summed E-state index contributed by atoms with van der Waals surface area (Å²) in [6.07, 6.45) is 1.48. The highest BCUT2D eigenvalue weighted by Gasteiger charge is 2.13. The molecule has 0 aliphatic carbocycles. The second-order valence-corrected chi connectivity index (χ2v) is 4.19. The van der Waals surface area contributed by atoms with Gasteiger partial charge in [0.15, 0.2) is 0 Å². The minimum atomic E-state index is -2.90. The molecule has 0 fully saturated rings. The van der Waals surface area contributed by atoms with Crippen LogP contribution in [0.3, 0.4) is 0 Å². The van der Waals surface area contributed by atoms with Crippen molar-refractivity contribution in [3.8, 4) is 17.0 Å². The zero-order chi connectivity index (χ0) is 13.1. The smallest absolute Gasteiger partial charge is 0.388 e. The molecular weight excluding hydrogens is 260 g/mol. The molecule has 0 radical (unpaired) electrons. The normalized spacial score (nSPS) is 10.7. The first kappa shape index (κ1) is 12.8. The van der Waals surface area contributed by atoms with E-state index in [1.807, 2.05) is 6.92 Å². The van der Waals surface area contributed by atoms with Gasteiger partial charge in [0.2, 0.25) is 5.88 Å². The number of benzene rings is 1. The molecular formula is C13H10ClF2NO. The largest absolute Gasteiger partial charge is 0.416 e. The van der Waals surface area contributed by atoms with Crippen LogP contribution >= 0.6 is 11.6 Å². The van der Waals surface area contributed by atoms with Crippen LogP contribution in [0.15, 0.2) is 36.5 Å². The highest BCUT2D eigenvalue weighted by atomic mass is 35.5. The van der Waals surface area contributed by atoms with Gasteiger partial charge in [-0.3, -0.25) is 0 Å². The van der Waals surface area contributed by atoms with Gasteiger partial charge >= 0.3 is 6.61 Å². The summed E-state index contributed by atoms with van der Waals surface area (Å²) in [7, 11) is 0. The quantitative estimate of drug-likeness (QED) is 0.828. The summed E-state index contributed by atoms with van der Waals surface area (Å²) < 4.78 is 29.0. The van der Waals surface area contributed by atoms with Crippen LogP contribution < -0.4 is 4.74 Å². The molecule has 0 bridgehead atoms. The van der Waals surface area contributed by atoms with Crippen molar-refractivity contribution in [2.75, 3.05) is 0 Å². The molecule has 1 aromatic heterocycles. The molecule has 2 aromatic rings. The van der Waals surface area contributed by atoms with Crippen molar-refractivity contribution in [2.45, 2.75) is 13.5 Å². The molecule has 0 amide bonds. The van der Waals surface area contributed by atoms with E-state index < -0.39 is 6.61 Å². The molecule has 18 heavy (non-hydrogen) atoms. The molecule has 0 saturated heterocycles. The Kier molecular flexibility index (Phi) is 3.77. The van der Waals surface area contributed by atoms with Crippen molar-refractivity contribution in [3.05, 3.63) is 47.1 Å². The van der Waals surface area contributed by atoms with Crippen LogP contribution in [0.1, 0.15) is 5.56 Å². The lowest BCUT2D eigenvalue weighted by Gasteiger charge is -2.10. The SMILES string of the molecule is Cc1cnc(OC(F)F)c(-c2cccc(Cl)c2)c1. The Morgan fingerprint density at radius 3 is 2.72 bits per heavy atom. The molecule has 0 aliphatic heterocycles. The molecule has 0 N–H and O–H groups in total. The Morgan fingerprint density at radius 1 is 1.28 bits per heavy atom. The fourth-order valence-electron chi connectivity index (χ4n) is 1.60. The van der Waals surface area contributed by atoms with Crippen molar-refractivity contribution < 1.29 is 13.5 Å². The van der Waals surface area contributed by atoms with Crippen LogP contribution in [0.4, 0.5) is 8.78 Å². The van der Waals surface area contributed by atoms with E-state index in [2.05, 4.69) is 9.72 Å². The maximum atomic E-state index is 12.3. The zero-order valence-corrected chi connectivity index (χ0v) is 10.3. The lowest BCUT2D eigenvalue weighted by Crippen LogP contribution is -2.05. The standard InChI is InChI=1S/C13H10ClF2NO/c1-8-5-11(9-3-2-4-10(14)6-9)12(17-7-8)18-13(15)16/h2-7,13H,1H3. The highest BCUT2D eigenvalue weighted by molar-refractivity contribution is 6.30. The summed E-state index contributed by atoms with van der Waals surface area (Å²) in [5, 5.41) is 0.525. The van der Waals surface area contributed by atoms with E-state index in [-0.39, 0.29) is 5.88 Å². The third-order valence-corrected chi connectivity index (χ3v) is 2.56. The monoisotopic (exact) mass is 269 g/mol. The maximum absolute atomic E-state index is 12.3. The van der Waals surface area contributed by atoms with E-state index in [1.165, 1.54) is 6.20 Å². The number of halogens is 3. The summed E-state index contributed by atoms with van der Waals surface area (Å²) in [5.41, 5.74) is 2.04. The van der Waals surface area contributed by atoms with Gasteiger partial charge in [-0.15, -0.1) is 0 Å². The summed E-state index contributed by atoms with van der Waals surface area (Å²) in [6.45, 7) is -1.08. The average Bonchev–Trinajstić information content (AvgIpc) is 2.31. The Bertz CT molecular complexity index is 560. The molecule has 1 heterocycles. The Morgan fingerprint density at radius 2 is 2.06 bits per heavy atom. The molecule has 0 atom stereocenters. The number of pyridine rings is 1. The van der Waals surface area contributed by atoms with Gasteiger partial charge < -0.3 is 4.74 Å². The lowest BCUT2D eigenvalue weighted by atomic mass is 10.1. The Hall–Kier alpha value is -1.68. The van der Waals surface area contributed by atoms with Gasteiger partial charge in [-0.2, -0.15) is 8.78 Å². The number of nitrogens with zero attached hydrogens (tertiary/aromatic N) is 1. The number of hydrogen-bond donors (Lipinski definition) is 0. The zero-order valence-electron chi connectivity index (χ0n) is 9.53. The Balaban J connectivity index is 2.50. The van der Waals surface area contributed by atoms with E-state index in [1.54, 1.807) is 30.3 Å². The number of aryl methyl sites for hydroxylation is 1. The minimum Gasteiger partial charge on any atom is -0.416 e. The van der Waals surface area contributed by atoms with E-state index in [4.69, 9.17) is 11.6 Å². The second kappa shape index (κ2) is 5.31. The molecule has 5 heteroatoms. The number of aromatic nitrogens is 1. The second-order valence-electron chi connectivity index (χ2n) is 3.75. The van der Waals surface area contributed by atoms with E-state index >= 15 is 0 Å². The minimum absolute atomic E-state index is 0.0992. The van der Waals surface area contributed by atoms with Crippen LogP contribution in [0.25, 0.3) is 11.1 Å². The topological polar surface area (TPSA) is 22.1 Å². The molecule has 2 nitrogen and oxygen atoms in total. The van der Waals surface area contributed by atoms with Crippen molar-refractivity contribution >= 4 is 11.6 Å². The number of hydrogen-bond acceptors (Lipinski definition) is 2. The predicted molar refractivity (Wildman–Crippen MR) is 66.1 cm³/mol. The van der Waals surface area contributed by atoms with Crippen LogP contribution in [-0.4, -0.2) is 11.6 Å². The lowest BCUT2D eigenvalue weighted by molar-refractivity contribution is -0.0524. The third-order valence-electron chi connectivity index (χ3n) is 2.32. The molecule has 0 unspecified atom stereocenters. The highest BCUT2D eigenvalue weighted by Crippen LogP contribution is 2.31. The van der Waals surface area contributed by atoms with Crippen LogP contribution in [0.2, 0.25) is 5.02 Å². The number of ether oxygens (including phenoxy) is 1. The Labute approximate surface area is 108 Å². The molecule has 0 saturated carbocycles. The third kappa shape index (κ3) is 2.96. The van der Waals surface area contributed by atoms with Crippen molar-refractivity contribution in [1.82, 2.24) is 4.98 Å². The molecule has 0 aliphatic rings. The summed E-state index contributed by atoms with van der Waals surface area (Å²) >= 11 is 5.88. The molecule has 1 aromatic carbocycles. The van der Waals surface area contributed by atoms with E-state index in [9.17, 15) is 8.78 Å². The van der Waals surface area contributed by atoms with E-state index in [0.717, 1.165) is 5.56 Å². The fraction of sp³-hybridized carbons (Fsp3) is 0.154. The van der Waals surface area contributed by atoms with Gasteiger partial charge in [0.25, 0.3) is 0 Å². The fourth-order valence-corrected chi connectivity index (χ4v) is 1.79. The molecule has 2 rings (SSSR count). The van der Waals surface area contributed by atoms with Crippen LogP contribution in [0, 0.1) is 6.92 Å². The van der Waals surface area contributed by atoms with Crippen molar-refractivity contribution in [3.63, 3.8) is 0 Å². The molecule has 0 spiro atoms. The van der Waals surface area contributed by atoms with Crippen molar-refractivity contribution in [2.24, 2.45) is 0 Å². The number of alkyl halides is 2. The van der Waals surface area contributed by atoms with Crippen molar-refractivity contribution in [1.29, 1.82) is 0 Å². The van der Waals surface area contributed by atoms with Gasteiger partial charge in [0, 0.05) is 16.8 Å². The molecule has 94 valence electrons. The van der Waals surface area contributed by atoms with Gasteiger partial charge in [0.1, 0.15) is 0 Å². The van der Waals surface area contributed by atoms with Gasteiger partial charge in [-0.25, -0.2) is 4.98 Å². The summed E-state index contributed by atoms with van der Waals surface area (Å²) in [4.78, 5) is 3.88. The van der Waals surface area contributed by atoms with Gasteiger partial charge in [-0.1, -0.05) is 23.7 Å². The van der Waals surface area contributed by atoms with E-state index in [0.29, 0.717) is 16.1 Å². The number of rotatable bonds is 3. The first-order valence-electron chi connectivity index (χ1n) is 5.23. The first-order chi connectivity index (χ1) is 8.56. The van der Waals surface area contributed by atoms with Gasteiger partial charge in [-0.05, 0) is 36.2 Å². The maximum Gasteiger partial charge on any atom is 0.388 e. The van der Waals surface area contributed by atoms with Crippen LogP contribution in [-0.2, 0) is 0 Å². The predicted octanol–water partition coefficient (Wildman–Crippen LogP) is 4.31. The van der Waals surface area contributed by atoms with Gasteiger partial charge in [0.05, 0.1) is 0 Å².